The van der Waals surface area contributed by atoms with Gasteiger partial charge >= 0.3 is 0 Å². The second kappa shape index (κ2) is 8.51. The number of carbonyl (C=O) groups excluding carboxylic acids is 3. The van der Waals surface area contributed by atoms with E-state index in [4.69, 9.17) is 16.3 Å². The summed E-state index contributed by atoms with van der Waals surface area (Å²) < 4.78 is 5.62. The first-order valence-corrected chi connectivity index (χ1v) is 9.49. The van der Waals surface area contributed by atoms with Crippen molar-refractivity contribution in [2.24, 2.45) is 0 Å². The number of nitrogens with one attached hydrogen (secondary N) is 2. The highest BCUT2D eigenvalue weighted by atomic mass is 35.5. The highest BCUT2D eigenvalue weighted by molar-refractivity contribution is 7.18. The minimum absolute atomic E-state index is 0.0746. The minimum atomic E-state index is -0.723. The Morgan fingerprint density at radius 1 is 1.22 bits per heavy atom. The van der Waals surface area contributed by atoms with Gasteiger partial charge in [0.15, 0.2) is 0 Å². The average Bonchev–Trinajstić information content (AvgIpc) is 3.09. The number of anilines is 2. The third kappa shape index (κ3) is 4.85. The predicted octanol–water partition coefficient (Wildman–Crippen LogP) is 2.52. The molecule has 1 aromatic carbocycles. The van der Waals surface area contributed by atoms with E-state index in [9.17, 15) is 14.4 Å². The summed E-state index contributed by atoms with van der Waals surface area (Å²) in [5.74, 6) is -0.792. The Labute approximate surface area is 165 Å². The molecule has 0 radical (unpaired) electrons. The van der Waals surface area contributed by atoms with Crippen LogP contribution < -0.4 is 15.5 Å². The third-order valence-electron chi connectivity index (χ3n) is 3.97. The summed E-state index contributed by atoms with van der Waals surface area (Å²) in [6.07, 6.45) is 0. The Morgan fingerprint density at radius 2 is 1.96 bits per heavy atom. The SMILES string of the molecule is C[C@@H](NC(=O)c1ccc(Cl)s1)C(=O)Nc1ccc(N2CCOCC2=O)cc1. The van der Waals surface area contributed by atoms with Crippen LogP contribution in [-0.4, -0.2) is 43.5 Å². The van der Waals surface area contributed by atoms with E-state index < -0.39 is 6.04 Å². The van der Waals surface area contributed by atoms with E-state index >= 15 is 0 Å². The molecule has 7 nitrogen and oxygen atoms in total. The Kier molecular flexibility index (Phi) is 6.10. The van der Waals surface area contributed by atoms with E-state index in [1.807, 2.05) is 0 Å². The fourth-order valence-corrected chi connectivity index (χ4v) is 3.48. The summed E-state index contributed by atoms with van der Waals surface area (Å²) in [4.78, 5) is 38.3. The van der Waals surface area contributed by atoms with Gasteiger partial charge in [0.05, 0.1) is 15.8 Å². The number of carbonyl (C=O) groups is 3. The number of morpholine rings is 1. The molecular weight excluding hydrogens is 390 g/mol. The van der Waals surface area contributed by atoms with Gasteiger partial charge in [-0.1, -0.05) is 11.6 Å². The van der Waals surface area contributed by atoms with E-state index in [0.29, 0.717) is 28.1 Å². The average molecular weight is 408 g/mol. The van der Waals surface area contributed by atoms with Crippen molar-refractivity contribution in [1.29, 1.82) is 0 Å². The monoisotopic (exact) mass is 407 g/mol. The first kappa shape index (κ1) is 19.3. The zero-order chi connectivity index (χ0) is 19.4. The lowest BCUT2D eigenvalue weighted by Crippen LogP contribution is -2.42. The van der Waals surface area contributed by atoms with Crippen LogP contribution >= 0.6 is 22.9 Å². The first-order valence-electron chi connectivity index (χ1n) is 8.29. The van der Waals surface area contributed by atoms with Gasteiger partial charge in [-0.05, 0) is 43.3 Å². The number of benzene rings is 1. The second-order valence-corrected chi connectivity index (χ2v) is 7.65. The summed E-state index contributed by atoms with van der Waals surface area (Å²) in [6, 6.07) is 9.46. The topological polar surface area (TPSA) is 87.7 Å². The van der Waals surface area contributed by atoms with Crippen molar-refractivity contribution in [1.82, 2.24) is 5.32 Å². The Bertz CT molecular complexity index is 853. The van der Waals surface area contributed by atoms with Crippen molar-refractivity contribution < 1.29 is 19.1 Å². The van der Waals surface area contributed by atoms with Crippen molar-refractivity contribution in [3.63, 3.8) is 0 Å². The third-order valence-corrected chi connectivity index (χ3v) is 5.20. The number of hydrogen-bond donors (Lipinski definition) is 2. The molecule has 1 saturated heterocycles. The molecule has 0 spiro atoms. The van der Waals surface area contributed by atoms with Crippen molar-refractivity contribution >= 4 is 52.0 Å². The lowest BCUT2D eigenvalue weighted by molar-refractivity contribution is -0.125. The van der Waals surface area contributed by atoms with Crippen LogP contribution in [0.5, 0.6) is 0 Å². The molecule has 9 heteroatoms. The Morgan fingerprint density at radius 3 is 2.59 bits per heavy atom. The van der Waals surface area contributed by atoms with Crippen LogP contribution in [-0.2, 0) is 14.3 Å². The van der Waals surface area contributed by atoms with Crippen LogP contribution in [0.3, 0.4) is 0 Å². The summed E-state index contributed by atoms with van der Waals surface area (Å²) >= 11 is 6.97. The largest absolute Gasteiger partial charge is 0.370 e. The molecule has 2 heterocycles. The maximum Gasteiger partial charge on any atom is 0.262 e. The maximum absolute atomic E-state index is 12.3. The molecule has 1 fully saturated rings. The lowest BCUT2D eigenvalue weighted by Gasteiger charge is -2.27. The van der Waals surface area contributed by atoms with Gasteiger partial charge in [-0.25, -0.2) is 0 Å². The van der Waals surface area contributed by atoms with Crippen LogP contribution in [0.25, 0.3) is 0 Å². The summed E-state index contributed by atoms with van der Waals surface area (Å²) in [5.41, 5.74) is 1.32. The highest BCUT2D eigenvalue weighted by Gasteiger charge is 2.21. The molecule has 142 valence electrons. The number of thiophene rings is 1. The number of nitrogens with zero attached hydrogens (tertiary/aromatic N) is 1. The molecule has 3 amide bonds. The zero-order valence-electron chi connectivity index (χ0n) is 14.5. The van der Waals surface area contributed by atoms with Gasteiger partial charge in [-0.15, -0.1) is 11.3 Å². The van der Waals surface area contributed by atoms with Gasteiger partial charge in [-0.3, -0.25) is 14.4 Å². The number of amides is 3. The standard InChI is InChI=1S/C18H18ClN3O4S/c1-11(20-18(25)14-6-7-15(19)27-14)17(24)21-12-2-4-13(5-3-12)22-8-9-26-10-16(22)23/h2-7,11H,8-10H2,1H3,(H,20,25)(H,21,24)/t11-/m1/s1. The van der Waals surface area contributed by atoms with Crippen molar-refractivity contribution in [3.8, 4) is 0 Å². The molecule has 1 aliphatic heterocycles. The fourth-order valence-electron chi connectivity index (χ4n) is 2.54. The van der Waals surface area contributed by atoms with Crippen LogP contribution in [0, 0.1) is 0 Å². The van der Waals surface area contributed by atoms with Crippen molar-refractivity contribution in [2.75, 3.05) is 30.0 Å². The van der Waals surface area contributed by atoms with E-state index in [2.05, 4.69) is 10.6 Å². The van der Waals surface area contributed by atoms with Gasteiger partial charge < -0.3 is 20.3 Å². The molecule has 0 aliphatic carbocycles. The predicted molar refractivity (Wildman–Crippen MR) is 105 cm³/mol. The van der Waals surface area contributed by atoms with Crippen LogP contribution in [0.4, 0.5) is 11.4 Å². The molecule has 0 saturated carbocycles. The zero-order valence-corrected chi connectivity index (χ0v) is 16.1. The van der Waals surface area contributed by atoms with Crippen LogP contribution in [0.1, 0.15) is 16.6 Å². The number of halogens is 1. The van der Waals surface area contributed by atoms with E-state index in [1.165, 1.54) is 0 Å². The van der Waals surface area contributed by atoms with Crippen LogP contribution in [0.2, 0.25) is 4.34 Å². The van der Waals surface area contributed by atoms with Crippen molar-refractivity contribution in [3.05, 3.63) is 45.6 Å². The molecule has 2 aromatic rings. The molecule has 1 atom stereocenters. The highest BCUT2D eigenvalue weighted by Crippen LogP contribution is 2.22. The summed E-state index contributed by atoms with van der Waals surface area (Å²) in [7, 11) is 0. The number of ether oxygens (including phenoxy) is 1. The van der Waals surface area contributed by atoms with Gasteiger partial charge in [0, 0.05) is 17.9 Å². The molecule has 2 N–H and O–H groups in total. The smallest absolute Gasteiger partial charge is 0.262 e. The quantitative estimate of drug-likeness (QED) is 0.797. The maximum atomic E-state index is 12.3. The van der Waals surface area contributed by atoms with Gasteiger partial charge in [0.1, 0.15) is 12.6 Å². The minimum Gasteiger partial charge on any atom is -0.370 e. The van der Waals surface area contributed by atoms with Gasteiger partial charge in [0.2, 0.25) is 5.91 Å². The lowest BCUT2D eigenvalue weighted by atomic mass is 10.2. The molecule has 3 rings (SSSR count). The van der Waals surface area contributed by atoms with Crippen LogP contribution in [0.15, 0.2) is 36.4 Å². The Hall–Kier alpha value is -2.42. The van der Waals surface area contributed by atoms with Gasteiger partial charge in [0.25, 0.3) is 11.8 Å². The molecule has 0 unspecified atom stereocenters. The molecule has 1 aliphatic rings. The number of rotatable bonds is 5. The molecule has 27 heavy (non-hydrogen) atoms. The molecular formula is C18H18ClN3O4S. The normalized spacial score (nSPS) is 15.3. The van der Waals surface area contributed by atoms with E-state index in [-0.39, 0.29) is 24.3 Å². The van der Waals surface area contributed by atoms with Crippen molar-refractivity contribution in [2.45, 2.75) is 13.0 Å². The van der Waals surface area contributed by atoms with E-state index in [0.717, 1.165) is 17.0 Å². The first-order chi connectivity index (χ1) is 12.9. The van der Waals surface area contributed by atoms with Gasteiger partial charge in [-0.2, -0.15) is 0 Å². The second-order valence-electron chi connectivity index (χ2n) is 5.93. The molecule has 0 bridgehead atoms. The van der Waals surface area contributed by atoms with E-state index in [1.54, 1.807) is 48.2 Å². The fraction of sp³-hybridized carbons (Fsp3) is 0.278. The number of hydrogen-bond acceptors (Lipinski definition) is 5. The molecule has 1 aromatic heterocycles. The summed E-state index contributed by atoms with van der Waals surface area (Å²) in [5, 5.41) is 5.37. The Balaban J connectivity index is 1.57. The summed E-state index contributed by atoms with van der Waals surface area (Å²) in [6.45, 7) is 2.67.